The Kier molecular flexibility index (Phi) is 6.38. The Morgan fingerprint density at radius 3 is 2.37 bits per heavy atom. The van der Waals surface area contributed by atoms with Gasteiger partial charge in [0.2, 0.25) is 5.91 Å². The molecule has 6 nitrogen and oxygen atoms in total. The van der Waals surface area contributed by atoms with Crippen LogP contribution in [-0.2, 0) is 11.3 Å². The summed E-state index contributed by atoms with van der Waals surface area (Å²) < 4.78 is 0. The Morgan fingerprint density at radius 2 is 1.79 bits per heavy atom. The first-order chi connectivity index (χ1) is 9.11. The average molecular weight is 264 g/mol. The van der Waals surface area contributed by atoms with Crippen LogP contribution in [-0.4, -0.2) is 18.5 Å². The molecular formula is C13H20N4O2. The lowest BCUT2D eigenvalue weighted by Crippen LogP contribution is -2.29. The van der Waals surface area contributed by atoms with E-state index in [9.17, 15) is 9.59 Å². The number of hydrogen-bond acceptors (Lipinski definition) is 3. The van der Waals surface area contributed by atoms with Crippen molar-refractivity contribution in [2.45, 2.75) is 25.8 Å². The lowest BCUT2D eigenvalue weighted by Gasteiger charge is -2.07. The van der Waals surface area contributed by atoms with Gasteiger partial charge in [-0.15, -0.1) is 0 Å². The fraction of sp³-hybridized carbons (Fsp3) is 0.385. The number of hydrogen-bond donors (Lipinski definition) is 4. The Labute approximate surface area is 112 Å². The molecule has 6 heteroatoms. The molecule has 1 aromatic carbocycles. The predicted octanol–water partition coefficient (Wildman–Crippen LogP) is 0.922. The van der Waals surface area contributed by atoms with E-state index in [0.717, 1.165) is 12.0 Å². The number of nitrogens with two attached hydrogens (primary N) is 2. The van der Waals surface area contributed by atoms with Gasteiger partial charge in [0.15, 0.2) is 0 Å². The molecular weight excluding hydrogens is 244 g/mol. The van der Waals surface area contributed by atoms with Crippen molar-refractivity contribution in [1.82, 2.24) is 5.32 Å². The van der Waals surface area contributed by atoms with Crippen molar-refractivity contribution in [2.24, 2.45) is 11.5 Å². The van der Waals surface area contributed by atoms with Crippen LogP contribution in [0, 0.1) is 0 Å². The minimum atomic E-state index is -0.315. The lowest BCUT2D eigenvalue weighted by molar-refractivity contribution is -0.118. The number of nitrogens with one attached hydrogen (secondary N) is 2. The summed E-state index contributed by atoms with van der Waals surface area (Å²) in [6.45, 7) is 0.992. The molecule has 0 aliphatic carbocycles. The summed E-state index contributed by atoms with van der Waals surface area (Å²) in [6, 6.07) is 7.06. The molecule has 0 radical (unpaired) electrons. The summed E-state index contributed by atoms with van der Waals surface area (Å²) in [6.07, 6.45) is 1.76. The molecule has 19 heavy (non-hydrogen) atoms. The zero-order chi connectivity index (χ0) is 14.1. The molecule has 0 aliphatic rings. The quantitative estimate of drug-likeness (QED) is 0.549. The van der Waals surface area contributed by atoms with Crippen molar-refractivity contribution in [2.75, 3.05) is 11.9 Å². The summed E-state index contributed by atoms with van der Waals surface area (Å²) in [7, 11) is 0. The first-order valence-corrected chi connectivity index (χ1v) is 6.24. The molecule has 0 unspecified atom stereocenters. The Bertz CT molecular complexity index is 417. The highest BCUT2D eigenvalue weighted by atomic mass is 16.2. The normalized spacial score (nSPS) is 9.95. The molecule has 0 atom stereocenters. The second-order valence-corrected chi connectivity index (χ2v) is 4.21. The van der Waals surface area contributed by atoms with Gasteiger partial charge in [-0.1, -0.05) is 12.1 Å². The fourth-order valence-corrected chi connectivity index (χ4v) is 1.53. The molecule has 0 saturated carbocycles. The summed E-state index contributed by atoms with van der Waals surface area (Å²) in [5, 5.41) is 5.42. The van der Waals surface area contributed by atoms with E-state index in [1.54, 1.807) is 12.1 Å². The van der Waals surface area contributed by atoms with Crippen LogP contribution in [0.4, 0.5) is 10.5 Å². The van der Waals surface area contributed by atoms with Crippen molar-refractivity contribution in [3.63, 3.8) is 0 Å². The number of urea groups is 1. The first kappa shape index (κ1) is 15.0. The van der Waals surface area contributed by atoms with Crippen LogP contribution in [0.3, 0.4) is 0 Å². The third kappa shape index (κ3) is 6.42. The van der Waals surface area contributed by atoms with E-state index in [1.165, 1.54) is 0 Å². The SMILES string of the molecule is NCc1ccc(NC(=O)NCCCCC(N)=O)cc1. The van der Waals surface area contributed by atoms with Crippen LogP contribution >= 0.6 is 0 Å². The number of unbranched alkanes of at least 4 members (excludes halogenated alkanes) is 1. The second kappa shape index (κ2) is 8.10. The Morgan fingerprint density at radius 1 is 1.11 bits per heavy atom. The maximum atomic E-state index is 11.5. The van der Waals surface area contributed by atoms with Crippen LogP contribution in [0.5, 0.6) is 0 Å². The van der Waals surface area contributed by atoms with Crippen molar-refractivity contribution in [3.05, 3.63) is 29.8 Å². The van der Waals surface area contributed by atoms with E-state index in [-0.39, 0.29) is 11.9 Å². The van der Waals surface area contributed by atoms with Gasteiger partial charge in [-0.05, 0) is 30.5 Å². The number of anilines is 1. The lowest BCUT2D eigenvalue weighted by atomic mass is 10.2. The van der Waals surface area contributed by atoms with Gasteiger partial charge in [0.05, 0.1) is 0 Å². The van der Waals surface area contributed by atoms with E-state index < -0.39 is 0 Å². The number of rotatable bonds is 7. The molecule has 0 aromatic heterocycles. The topological polar surface area (TPSA) is 110 Å². The van der Waals surface area contributed by atoms with Crippen LogP contribution in [0.15, 0.2) is 24.3 Å². The average Bonchev–Trinajstić information content (AvgIpc) is 2.39. The smallest absolute Gasteiger partial charge is 0.319 e. The van der Waals surface area contributed by atoms with Crippen molar-refractivity contribution < 1.29 is 9.59 Å². The molecule has 0 bridgehead atoms. The fourth-order valence-electron chi connectivity index (χ4n) is 1.53. The molecule has 0 fully saturated rings. The van der Waals surface area contributed by atoms with Gasteiger partial charge >= 0.3 is 6.03 Å². The van der Waals surface area contributed by atoms with E-state index in [4.69, 9.17) is 11.5 Å². The maximum absolute atomic E-state index is 11.5. The van der Waals surface area contributed by atoms with Crippen LogP contribution in [0.2, 0.25) is 0 Å². The van der Waals surface area contributed by atoms with Crippen molar-refractivity contribution >= 4 is 17.6 Å². The molecule has 0 spiro atoms. The van der Waals surface area contributed by atoms with Gasteiger partial charge in [0.25, 0.3) is 0 Å². The summed E-state index contributed by atoms with van der Waals surface area (Å²) >= 11 is 0. The first-order valence-electron chi connectivity index (χ1n) is 6.24. The van der Waals surface area contributed by atoms with Gasteiger partial charge in [0, 0.05) is 25.2 Å². The van der Waals surface area contributed by atoms with Crippen LogP contribution < -0.4 is 22.1 Å². The molecule has 0 saturated heterocycles. The number of carbonyl (C=O) groups excluding carboxylic acids is 2. The zero-order valence-electron chi connectivity index (χ0n) is 10.8. The third-order valence-electron chi connectivity index (χ3n) is 2.58. The highest BCUT2D eigenvalue weighted by molar-refractivity contribution is 5.89. The minimum Gasteiger partial charge on any atom is -0.370 e. The van der Waals surface area contributed by atoms with Crippen molar-refractivity contribution in [3.8, 4) is 0 Å². The van der Waals surface area contributed by atoms with Gasteiger partial charge in [-0.2, -0.15) is 0 Å². The minimum absolute atomic E-state index is 0.264. The molecule has 1 rings (SSSR count). The van der Waals surface area contributed by atoms with Crippen LogP contribution in [0.25, 0.3) is 0 Å². The monoisotopic (exact) mass is 264 g/mol. The third-order valence-corrected chi connectivity index (χ3v) is 2.58. The molecule has 0 aliphatic heterocycles. The predicted molar refractivity (Wildman–Crippen MR) is 74.4 cm³/mol. The number of amides is 3. The van der Waals surface area contributed by atoms with E-state index in [0.29, 0.717) is 31.6 Å². The summed E-state index contributed by atoms with van der Waals surface area (Å²) in [4.78, 5) is 22.0. The molecule has 6 N–H and O–H groups in total. The standard InChI is InChI=1S/C13H20N4O2/c14-9-10-4-6-11(7-5-10)17-13(19)16-8-2-1-3-12(15)18/h4-7H,1-3,8-9,14H2,(H2,15,18)(H2,16,17,19). The Hall–Kier alpha value is -2.08. The van der Waals surface area contributed by atoms with E-state index in [1.807, 2.05) is 12.1 Å². The van der Waals surface area contributed by atoms with Gasteiger partial charge in [-0.3, -0.25) is 4.79 Å². The number of carbonyl (C=O) groups is 2. The highest BCUT2D eigenvalue weighted by Crippen LogP contribution is 2.08. The van der Waals surface area contributed by atoms with Crippen molar-refractivity contribution in [1.29, 1.82) is 0 Å². The summed E-state index contributed by atoms with van der Waals surface area (Å²) in [5.74, 6) is -0.315. The second-order valence-electron chi connectivity index (χ2n) is 4.21. The largest absolute Gasteiger partial charge is 0.370 e. The van der Waals surface area contributed by atoms with E-state index >= 15 is 0 Å². The van der Waals surface area contributed by atoms with Gasteiger partial charge in [-0.25, -0.2) is 4.79 Å². The van der Waals surface area contributed by atoms with Gasteiger partial charge in [0.1, 0.15) is 0 Å². The van der Waals surface area contributed by atoms with E-state index in [2.05, 4.69) is 10.6 Å². The van der Waals surface area contributed by atoms with Gasteiger partial charge < -0.3 is 22.1 Å². The Balaban J connectivity index is 2.21. The van der Waals surface area contributed by atoms with Crippen LogP contribution in [0.1, 0.15) is 24.8 Å². The molecule has 3 amide bonds. The maximum Gasteiger partial charge on any atom is 0.319 e. The molecule has 1 aromatic rings. The number of primary amides is 1. The summed E-state index contributed by atoms with van der Waals surface area (Å²) in [5.41, 5.74) is 12.2. The number of benzene rings is 1. The highest BCUT2D eigenvalue weighted by Gasteiger charge is 2.01. The zero-order valence-corrected chi connectivity index (χ0v) is 10.8. The molecule has 0 heterocycles. The molecule has 104 valence electrons.